The van der Waals surface area contributed by atoms with Crippen LogP contribution in [-0.4, -0.2) is 9.78 Å². The van der Waals surface area contributed by atoms with Gasteiger partial charge in [0.25, 0.3) is 0 Å². The van der Waals surface area contributed by atoms with Crippen LogP contribution in [-0.2, 0) is 12.4 Å². The van der Waals surface area contributed by atoms with Crippen LogP contribution in [0.4, 0.5) is 0 Å². The van der Waals surface area contributed by atoms with Gasteiger partial charge in [-0.05, 0) is 15.9 Å². The van der Waals surface area contributed by atoms with Crippen molar-refractivity contribution in [2.75, 3.05) is 0 Å². The van der Waals surface area contributed by atoms with Crippen LogP contribution < -0.4 is 0 Å². The number of halogens is 3. The molecule has 0 bridgehead atoms. The highest BCUT2D eigenvalue weighted by Gasteiger charge is 2.00. The van der Waals surface area contributed by atoms with Crippen LogP contribution in [0.1, 0.15) is 5.69 Å². The Hall–Kier alpha value is 0.650. The van der Waals surface area contributed by atoms with Crippen LogP contribution in [0.3, 0.4) is 0 Å². The summed E-state index contributed by atoms with van der Waals surface area (Å²) in [6.45, 7) is 0. The summed E-state index contributed by atoms with van der Waals surface area (Å²) in [7, 11) is 1.90. The van der Waals surface area contributed by atoms with Crippen LogP contribution in [0.5, 0.6) is 0 Å². The summed E-state index contributed by atoms with van der Waals surface area (Å²) in [5, 5.41) is 4.95. The average molecular weight is 335 g/mol. The van der Waals surface area contributed by atoms with Gasteiger partial charge in [-0.1, -0.05) is 15.9 Å². The molecule has 0 N–H and O–H groups in total. The number of hydrogen-bond acceptors (Lipinski definition) is 1. The summed E-state index contributed by atoms with van der Waals surface area (Å²) in [6, 6.07) is 0. The molecule has 0 aliphatic rings. The lowest BCUT2D eigenvalue weighted by atomic mass is 10.5. The summed E-state index contributed by atoms with van der Waals surface area (Å²) in [4.78, 5) is 0. The monoisotopic (exact) mass is 332 g/mol. The Kier molecular flexibility index (Phi) is 4.81. The van der Waals surface area contributed by atoms with E-state index in [4.69, 9.17) is 0 Å². The van der Waals surface area contributed by atoms with E-state index in [0.717, 1.165) is 15.5 Å². The maximum atomic E-state index is 4.15. The molecule has 2 nitrogen and oxygen atoms in total. The molecule has 0 fully saturated rings. The molecule has 1 rings (SSSR count). The van der Waals surface area contributed by atoms with Gasteiger partial charge in [-0.2, -0.15) is 5.10 Å². The molecule has 0 amide bonds. The quantitative estimate of drug-likeness (QED) is 0.722. The lowest BCUT2D eigenvalue weighted by Gasteiger charge is -1.83. The highest BCUT2D eigenvalue weighted by molar-refractivity contribution is 9.10. The van der Waals surface area contributed by atoms with Gasteiger partial charge in [-0.3, -0.25) is 4.68 Å². The summed E-state index contributed by atoms with van der Waals surface area (Å²) >= 11 is 6.68. The van der Waals surface area contributed by atoms with Crippen molar-refractivity contribution in [3.05, 3.63) is 16.4 Å². The zero-order valence-corrected chi connectivity index (χ0v) is 10.2. The van der Waals surface area contributed by atoms with Crippen molar-refractivity contribution in [3.8, 4) is 0 Å². The summed E-state index contributed by atoms with van der Waals surface area (Å²) in [5.74, 6) is 0. The van der Waals surface area contributed by atoms with Gasteiger partial charge in [0.05, 0.1) is 10.2 Å². The second-order valence-electron chi connectivity index (χ2n) is 1.73. The van der Waals surface area contributed by atoms with Gasteiger partial charge in [0.15, 0.2) is 0 Å². The second kappa shape index (κ2) is 4.51. The Morgan fingerprint density at radius 3 is 2.50 bits per heavy atom. The molecule has 0 saturated carbocycles. The topological polar surface area (TPSA) is 17.8 Å². The Bertz CT molecular complexity index is 209. The molecule has 0 aliphatic heterocycles. The average Bonchev–Trinajstić information content (AvgIpc) is 2.10. The first kappa shape index (κ1) is 10.7. The van der Waals surface area contributed by atoms with Gasteiger partial charge in [-0.15, -0.1) is 17.0 Å². The molecule has 0 saturated heterocycles. The summed E-state index contributed by atoms with van der Waals surface area (Å²) in [6.07, 6.45) is 1.93. The zero-order chi connectivity index (χ0) is 6.85. The van der Waals surface area contributed by atoms with Crippen molar-refractivity contribution in [2.45, 2.75) is 5.33 Å². The van der Waals surface area contributed by atoms with Crippen molar-refractivity contribution in [1.29, 1.82) is 0 Å². The Balaban J connectivity index is 0.000000810. The van der Waals surface area contributed by atoms with E-state index in [9.17, 15) is 0 Å². The van der Waals surface area contributed by atoms with Crippen LogP contribution >= 0.6 is 48.8 Å². The van der Waals surface area contributed by atoms with E-state index in [0.29, 0.717) is 0 Å². The molecule has 0 spiro atoms. The van der Waals surface area contributed by atoms with Crippen LogP contribution in [0.2, 0.25) is 0 Å². The van der Waals surface area contributed by atoms with E-state index in [1.54, 1.807) is 4.68 Å². The second-order valence-corrected chi connectivity index (χ2v) is 3.15. The van der Waals surface area contributed by atoms with Crippen molar-refractivity contribution in [3.63, 3.8) is 0 Å². The molecule has 0 aliphatic carbocycles. The Morgan fingerprint density at radius 1 is 1.70 bits per heavy atom. The fraction of sp³-hybridized carbons (Fsp3) is 0.400. The fourth-order valence-corrected chi connectivity index (χ4v) is 1.90. The van der Waals surface area contributed by atoms with E-state index in [1.807, 2.05) is 13.2 Å². The van der Waals surface area contributed by atoms with Gasteiger partial charge in [-0.25, -0.2) is 0 Å². The maximum Gasteiger partial charge on any atom is 0.0871 e. The number of aryl methyl sites for hydroxylation is 1. The van der Waals surface area contributed by atoms with E-state index in [1.165, 1.54) is 0 Å². The predicted molar refractivity (Wildman–Crippen MR) is 53.9 cm³/mol. The first-order chi connectivity index (χ1) is 4.24. The molecule has 0 aromatic carbocycles. The molecular formula is C5H7Br3N2. The molecule has 0 radical (unpaired) electrons. The minimum absolute atomic E-state index is 0. The minimum Gasteiger partial charge on any atom is -0.274 e. The molecule has 1 aromatic rings. The highest BCUT2D eigenvalue weighted by atomic mass is 79.9. The third kappa shape index (κ3) is 2.36. The number of nitrogens with zero attached hydrogens (tertiary/aromatic N) is 2. The van der Waals surface area contributed by atoms with Crippen molar-refractivity contribution in [1.82, 2.24) is 9.78 Å². The third-order valence-corrected chi connectivity index (χ3v) is 2.17. The lowest BCUT2D eigenvalue weighted by Crippen LogP contribution is -1.87. The predicted octanol–water partition coefficient (Wildman–Crippen LogP) is 2.66. The molecule has 0 unspecified atom stereocenters. The van der Waals surface area contributed by atoms with Crippen molar-refractivity contribution < 1.29 is 0 Å². The first-order valence-electron chi connectivity index (χ1n) is 2.48. The van der Waals surface area contributed by atoms with Gasteiger partial charge in [0.2, 0.25) is 0 Å². The minimum atomic E-state index is 0. The van der Waals surface area contributed by atoms with E-state index < -0.39 is 0 Å². The summed E-state index contributed by atoms with van der Waals surface area (Å²) < 4.78 is 2.84. The van der Waals surface area contributed by atoms with Gasteiger partial charge in [0, 0.05) is 18.6 Å². The molecule has 5 heteroatoms. The third-order valence-electron chi connectivity index (χ3n) is 0.981. The molecule has 10 heavy (non-hydrogen) atoms. The van der Waals surface area contributed by atoms with Crippen LogP contribution in [0, 0.1) is 0 Å². The van der Waals surface area contributed by atoms with Crippen molar-refractivity contribution in [2.24, 2.45) is 7.05 Å². The van der Waals surface area contributed by atoms with Crippen LogP contribution in [0.15, 0.2) is 10.7 Å². The Morgan fingerprint density at radius 2 is 2.30 bits per heavy atom. The smallest absolute Gasteiger partial charge is 0.0871 e. The van der Waals surface area contributed by atoms with Crippen LogP contribution in [0.25, 0.3) is 0 Å². The standard InChI is InChI=1S/C5H6Br2N2.BrH/c1-9-3-4(7)5(2-6)8-9;/h3H,2H2,1H3;1H. The fourth-order valence-electron chi connectivity index (χ4n) is 0.596. The number of aromatic nitrogens is 2. The van der Waals surface area contributed by atoms with Gasteiger partial charge >= 0.3 is 0 Å². The molecule has 1 aromatic heterocycles. The number of rotatable bonds is 1. The molecule has 1 heterocycles. The van der Waals surface area contributed by atoms with Gasteiger partial charge < -0.3 is 0 Å². The highest BCUT2D eigenvalue weighted by Crippen LogP contribution is 2.16. The largest absolute Gasteiger partial charge is 0.274 e. The molecule has 58 valence electrons. The number of alkyl halides is 1. The number of hydrogen-bond donors (Lipinski definition) is 0. The Labute approximate surface area is 87.0 Å². The SMILES string of the molecule is Br.Cn1cc(Br)c(CBr)n1. The normalized spacial score (nSPS) is 9.10. The maximum absolute atomic E-state index is 4.15. The molecule has 0 atom stereocenters. The van der Waals surface area contributed by atoms with Crippen molar-refractivity contribution >= 4 is 48.8 Å². The first-order valence-corrected chi connectivity index (χ1v) is 4.39. The molecular weight excluding hydrogens is 328 g/mol. The zero-order valence-electron chi connectivity index (χ0n) is 5.34. The van der Waals surface area contributed by atoms with Gasteiger partial charge in [0.1, 0.15) is 0 Å². The van der Waals surface area contributed by atoms with E-state index in [2.05, 4.69) is 37.0 Å². The lowest BCUT2D eigenvalue weighted by molar-refractivity contribution is 0.755. The van der Waals surface area contributed by atoms with E-state index >= 15 is 0 Å². The van der Waals surface area contributed by atoms with E-state index in [-0.39, 0.29) is 17.0 Å². The summed E-state index contributed by atoms with van der Waals surface area (Å²) in [5.41, 5.74) is 1.04.